The molecule has 2 rings (SSSR count). The van der Waals surface area contributed by atoms with Gasteiger partial charge in [0.25, 0.3) is 0 Å². The van der Waals surface area contributed by atoms with E-state index in [-0.39, 0.29) is 23.6 Å². The van der Waals surface area contributed by atoms with Crippen LogP contribution in [0, 0.1) is 6.92 Å². The highest BCUT2D eigenvalue weighted by atomic mass is 32.2. The second kappa shape index (κ2) is 8.85. The fraction of sp³-hybridized carbons (Fsp3) is 0.368. The Morgan fingerprint density at radius 3 is 2.44 bits per heavy atom. The normalized spacial score (nSPS) is 11.3. The molecule has 0 atom stereocenters. The molecule has 0 saturated heterocycles. The van der Waals surface area contributed by atoms with Crippen LogP contribution in [0.25, 0.3) is 0 Å². The molecule has 0 aliphatic rings. The predicted molar refractivity (Wildman–Crippen MR) is 100 cm³/mol. The Morgan fingerprint density at radius 2 is 1.85 bits per heavy atom. The minimum Gasteiger partial charge on any atom is -0.478 e. The number of nitrogens with zero attached hydrogens (tertiary/aromatic N) is 1. The topological polar surface area (TPSA) is 105 Å². The SMILES string of the molecule is Cc1oc(CN(C)C(=O)CS(=O)(=O)CCCc2ccccc2)cc1C(=O)O. The van der Waals surface area contributed by atoms with Crippen molar-refractivity contribution in [3.8, 4) is 0 Å². The van der Waals surface area contributed by atoms with E-state index in [1.807, 2.05) is 30.3 Å². The van der Waals surface area contributed by atoms with Gasteiger partial charge in [-0.05, 0) is 31.4 Å². The van der Waals surface area contributed by atoms with E-state index in [0.29, 0.717) is 18.6 Å². The molecule has 0 saturated carbocycles. The largest absolute Gasteiger partial charge is 0.478 e. The van der Waals surface area contributed by atoms with Gasteiger partial charge in [0.1, 0.15) is 22.8 Å². The molecule has 0 radical (unpaired) electrons. The van der Waals surface area contributed by atoms with Gasteiger partial charge in [0.05, 0.1) is 12.3 Å². The molecule has 8 heteroatoms. The van der Waals surface area contributed by atoms with Crippen molar-refractivity contribution in [1.29, 1.82) is 0 Å². The molecule has 27 heavy (non-hydrogen) atoms. The van der Waals surface area contributed by atoms with Crippen LogP contribution in [0.4, 0.5) is 0 Å². The fourth-order valence-electron chi connectivity index (χ4n) is 2.67. The minimum absolute atomic E-state index is 0.00644. The number of carbonyl (C=O) groups is 2. The fourth-order valence-corrected chi connectivity index (χ4v) is 3.99. The van der Waals surface area contributed by atoms with Gasteiger partial charge in [0, 0.05) is 7.05 Å². The first-order valence-corrected chi connectivity index (χ1v) is 10.3. The molecule has 1 N–H and O–H groups in total. The van der Waals surface area contributed by atoms with E-state index in [4.69, 9.17) is 9.52 Å². The first kappa shape index (κ1) is 20.7. The lowest BCUT2D eigenvalue weighted by molar-refractivity contribution is -0.127. The summed E-state index contributed by atoms with van der Waals surface area (Å²) < 4.78 is 29.7. The van der Waals surface area contributed by atoms with E-state index in [9.17, 15) is 18.0 Å². The molecular weight excluding hydrogens is 370 g/mol. The van der Waals surface area contributed by atoms with Crippen molar-refractivity contribution in [3.05, 3.63) is 59.0 Å². The van der Waals surface area contributed by atoms with Crippen molar-refractivity contribution in [1.82, 2.24) is 4.90 Å². The minimum atomic E-state index is -3.52. The Balaban J connectivity index is 1.86. The average Bonchev–Trinajstić information content (AvgIpc) is 2.95. The van der Waals surface area contributed by atoms with Crippen LogP contribution < -0.4 is 0 Å². The second-order valence-corrected chi connectivity index (χ2v) is 8.60. The third-order valence-corrected chi connectivity index (χ3v) is 5.72. The maximum atomic E-state index is 12.2. The van der Waals surface area contributed by atoms with Crippen LogP contribution in [-0.4, -0.2) is 48.9 Å². The first-order valence-electron chi connectivity index (χ1n) is 8.49. The molecule has 0 aliphatic heterocycles. The van der Waals surface area contributed by atoms with E-state index in [0.717, 1.165) is 5.56 Å². The van der Waals surface area contributed by atoms with Gasteiger partial charge >= 0.3 is 5.97 Å². The molecule has 0 spiro atoms. The Kier molecular flexibility index (Phi) is 6.79. The van der Waals surface area contributed by atoms with E-state index in [1.165, 1.54) is 24.9 Å². The van der Waals surface area contributed by atoms with E-state index in [2.05, 4.69) is 0 Å². The number of rotatable bonds is 9. The Hall–Kier alpha value is -2.61. The van der Waals surface area contributed by atoms with E-state index in [1.54, 1.807) is 0 Å². The van der Waals surface area contributed by atoms with Crippen molar-refractivity contribution < 1.29 is 27.5 Å². The summed E-state index contributed by atoms with van der Waals surface area (Å²) in [5.74, 6) is -1.78. The zero-order valence-corrected chi connectivity index (χ0v) is 16.2. The Morgan fingerprint density at radius 1 is 1.19 bits per heavy atom. The monoisotopic (exact) mass is 393 g/mol. The number of carboxylic acids is 1. The Bertz CT molecular complexity index is 902. The van der Waals surface area contributed by atoms with Crippen LogP contribution >= 0.6 is 0 Å². The number of carboxylic acid groups (broad SMARTS) is 1. The van der Waals surface area contributed by atoms with Gasteiger partial charge < -0.3 is 14.4 Å². The summed E-state index contributed by atoms with van der Waals surface area (Å²) in [7, 11) is -2.06. The van der Waals surface area contributed by atoms with E-state index >= 15 is 0 Å². The predicted octanol–water partition coefficient (Wildman–Crippen LogP) is 2.29. The molecule has 1 amide bonds. The number of sulfone groups is 1. The van der Waals surface area contributed by atoms with Gasteiger partial charge in [-0.2, -0.15) is 0 Å². The smallest absolute Gasteiger partial charge is 0.339 e. The summed E-state index contributed by atoms with van der Waals surface area (Å²) in [6, 6.07) is 10.9. The summed E-state index contributed by atoms with van der Waals surface area (Å²) in [6.07, 6.45) is 1.08. The van der Waals surface area contributed by atoms with Gasteiger partial charge in [0.15, 0.2) is 9.84 Å². The third kappa shape index (κ3) is 6.25. The molecule has 2 aromatic rings. The average molecular weight is 393 g/mol. The van der Waals surface area contributed by atoms with Gasteiger partial charge in [-0.25, -0.2) is 13.2 Å². The molecular formula is C19H23NO6S. The molecule has 7 nitrogen and oxygen atoms in total. The number of benzene rings is 1. The number of furan rings is 1. The number of hydrogen-bond acceptors (Lipinski definition) is 5. The molecule has 0 aliphatic carbocycles. The first-order chi connectivity index (χ1) is 12.7. The van der Waals surface area contributed by atoms with Crippen molar-refractivity contribution in [2.24, 2.45) is 0 Å². The molecule has 1 aromatic carbocycles. The highest BCUT2D eigenvalue weighted by molar-refractivity contribution is 7.92. The van der Waals surface area contributed by atoms with Gasteiger partial charge in [-0.15, -0.1) is 0 Å². The van der Waals surface area contributed by atoms with Crippen LogP contribution in [0.15, 0.2) is 40.8 Å². The van der Waals surface area contributed by atoms with Crippen LogP contribution in [0.2, 0.25) is 0 Å². The lowest BCUT2D eigenvalue weighted by Gasteiger charge is -2.15. The maximum absolute atomic E-state index is 12.2. The highest BCUT2D eigenvalue weighted by Gasteiger charge is 2.21. The molecule has 1 aromatic heterocycles. The zero-order valence-electron chi connectivity index (χ0n) is 15.3. The van der Waals surface area contributed by atoms with Gasteiger partial charge in [-0.1, -0.05) is 30.3 Å². The lowest BCUT2D eigenvalue weighted by atomic mass is 10.1. The third-order valence-electron chi connectivity index (χ3n) is 4.12. The number of aryl methyl sites for hydroxylation is 2. The second-order valence-electron chi connectivity index (χ2n) is 6.42. The summed E-state index contributed by atoms with van der Waals surface area (Å²) >= 11 is 0. The number of amides is 1. The van der Waals surface area contributed by atoms with Crippen LogP contribution in [0.1, 0.15) is 33.9 Å². The van der Waals surface area contributed by atoms with E-state index < -0.39 is 27.5 Å². The summed E-state index contributed by atoms with van der Waals surface area (Å²) in [5, 5.41) is 9.02. The maximum Gasteiger partial charge on any atom is 0.339 e. The zero-order chi connectivity index (χ0) is 20.0. The number of hydrogen-bond donors (Lipinski definition) is 1. The van der Waals surface area contributed by atoms with Crippen LogP contribution in [0.5, 0.6) is 0 Å². The summed E-state index contributed by atoms with van der Waals surface area (Å²) in [4.78, 5) is 24.5. The summed E-state index contributed by atoms with van der Waals surface area (Å²) in [6.45, 7) is 1.53. The van der Waals surface area contributed by atoms with Crippen molar-refractivity contribution in [2.75, 3.05) is 18.6 Å². The standard InChI is InChI=1S/C19H23NO6S/c1-14-17(19(22)23)11-16(26-14)12-20(2)18(21)13-27(24,25)10-6-9-15-7-4-3-5-8-15/h3-5,7-8,11H,6,9-10,12-13H2,1-2H3,(H,22,23). The molecule has 1 heterocycles. The van der Waals surface area contributed by atoms with Crippen molar-refractivity contribution in [3.63, 3.8) is 0 Å². The number of aromatic carboxylic acids is 1. The van der Waals surface area contributed by atoms with Gasteiger partial charge in [0.2, 0.25) is 5.91 Å². The summed E-state index contributed by atoms with van der Waals surface area (Å²) in [5.41, 5.74) is 1.08. The van der Waals surface area contributed by atoms with Crippen molar-refractivity contribution >= 4 is 21.7 Å². The molecule has 0 bridgehead atoms. The Labute approximate surface area is 158 Å². The van der Waals surface area contributed by atoms with Crippen molar-refractivity contribution in [2.45, 2.75) is 26.3 Å². The lowest BCUT2D eigenvalue weighted by Crippen LogP contribution is -2.33. The molecule has 0 unspecified atom stereocenters. The molecule has 0 fully saturated rings. The molecule has 146 valence electrons. The van der Waals surface area contributed by atoms with Crippen LogP contribution in [0.3, 0.4) is 0 Å². The van der Waals surface area contributed by atoms with Gasteiger partial charge in [-0.3, -0.25) is 4.79 Å². The number of carbonyl (C=O) groups excluding carboxylic acids is 1. The highest BCUT2D eigenvalue weighted by Crippen LogP contribution is 2.16. The van der Waals surface area contributed by atoms with Crippen LogP contribution in [-0.2, 0) is 27.6 Å². The quantitative estimate of drug-likeness (QED) is 0.701.